The SMILES string of the molecule is CN=C(NCc1ccc(N2CCN(C)CC2)nc1)NC1CC(C)N(Cc2ccccc2)C1. The lowest BCUT2D eigenvalue weighted by Crippen LogP contribution is -2.45. The summed E-state index contributed by atoms with van der Waals surface area (Å²) >= 11 is 0. The molecule has 3 heterocycles. The fourth-order valence-corrected chi connectivity index (χ4v) is 4.56. The molecule has 172 valence electrons. The van der Waals surface area contributed by atoms with E-state index in [0.717, 1.165) is 63.0 Å². The number of hydrogen-bond acceptors (Lipinski definition) is 5. The summed E-state index contributed by atoms with van der Waals surface area (Å²) in [4.78, 5) is 16.4. The number of aliphatic imine (C=N–C) groups is 1. The molecule has 0 saturated carbocycles. The van der Waals surface area contributed by atoms with Gasteiger partial charge >= 0.3 is 0 Å². The van der Waals surface area contributed by atoms with E-state index in [1.54, 1.807) is 0 Å². The van der Waals surface area contributed by atoms with E-state index in [9.17, 15) is 0 Å². The number of nitrogens with zero attached hydrogens (tertiary/aromatic N) is 5. The van der Waals surface area contributed by atoms with Gasteiger partial charge in [-0.3, -0.25) is 9.89 Å². The molecule has 2 aliphatic heterocycles. The van der Waals surface area contributed by atoms with Crippen molar-refractivity contribution in [3.8, 4) is 0 Å². The van der Waals surface area contributed by atoms with Gasteiger partial charge in [-0.1, -0.05) is 36.4 Å². The summed E-state index contributed by atoms with van der Waals surface area (Å²) in [7, 11) is 4.01. The molecule has 0 aliphatic carbocycles. The molecule has 4 rings (SSSR count). The van der Waals surface area contributed by atoms with Crippen LogP contribution >= 0.6 is 0 Å². The maximum absolute atomic E-state index is 4.69. The number of rotatable bonds is 6. The van der Waals surface area contributed by atoms with Gasteiger partial charge in [0.15, 0.2) is 5.96 Å². The van der Waals surface area contributed by atoms with Crippen LogP contribution in [0.2, 0.25) is 0 Å². The second-order valence-corrected chi connectivity index (χ2v) is 9.08. The number of likely N-dealkylation sites (tertiary alicyclic amines) is 1. The molecule has 2 fully saturated rings. The van der Waals surface area contributed by atoms with Crippen LogP contribution in [0.4, 0.5) is 5.82 Å². The number of anilines is 1. The normalized spacial score (nSPS) is 22.8. The van der Waals surface area contributed by atoms with Crippen molar-refractivity contribution in [3.05, 3.63) is 59.8 Å². The standard InChI is InChI=1S/C25H37N7/c1-20-15-23(19-32(20)18-21-7-5-4-6-8-21)29-25(26-2)28-17-22-9-10-24(27-16-22)31-13-11-30(3)12-14-31/h4-10,16,20,23H,11-15,17-19H2,1-3H3,(H2,26,28,29). The number of piperazine rings is 1. The van der Waals surface area contributed by atoms with Crippen molar-refractivity contribution in [1.29, 1.82) is 0 Å². The molecule has 0 amide bonds. The highest BCUT2D eigenvalue weighted by Crippen LogP contribution is 2.20. The lowest BCUT2D eigenvalue weighted by Gasteiger charge is -2.33. The number of guanidine groups is 1. The minimum absolute atomic E-state index is 0.401. The zero-order valence-electron chi connectivity index (χ0n) is 19.7. The molecule has 0 spiro atoms. The zero-order chi connectivity index (χ0) is 22.3. The second kappa shape index (κ2) is 10.8. The van der Waals surface area contributed by atoms with Crippen molar-refractivity contribution in [2.45, 2.75) is 38.5 Å². The van der Waals surface area contributed by atoms with Crippen LogP contribution in [0.25, 0.3) is 0 Å². The van der Waals surface area contributed by atoms with Crippen LogP contribution in [0, 0.1) is 0 Å². The Hall–Kier alpha value is -2.64. The summed E-state index contributed by atoms with van der Waals surface area (Å²) in [6.45, 7) is 9.32. The maximum atomic E-state index is 4.69. The van der Waals surface area contributed by atoms with Crippen LogP contribution in [0.1, 0.15) is 24.5 Å². The third-order valence-electron chi connectivity index (χ3n) is 6.59. The van der Waals surface area contributed by atoms with Crippen molar-refractivity contribution in [2.75, 3.05) is 51.7 Å². The Morgan fingerprint density at radius 3 is 2.53 bits per heavy atom. The lowest BCUT2D eigenvalue weighted by atomic mass is 10.2. The van der Waals surface area contributed by atoms with Gasteiger partial charge in [-0.25, -0.2) is 4.98 Å². The minimum atomic E-state index is 0.401. The van der Waals surface area contributed by atoms with E-state index in [0.29, 0.717) is 18.6 Å². The summed E-state index contributed by atoms with van der Waals surface area (Å²) < 4.78 is 0. The molecule has 2 N–H and O–H groups in total. The zero-order valence-corrected chi connectivity index (χ0v) is 19.7. The summed E-state index contributed by atoms with van der Waals surface area (Å²) in [5.41, 5.74) is 2.53. The van der Waals surface area contributed by atoms with E-state index in [2.05, 4.69) is 86.8 Å². The predicted molar refractivity (Wildman–Crippen MR) is 132 cm³/mol. The van der Waals surface area contributed by atoms with Crippen LogP contribution in [0.15, 0.2) is 53.7 Å². The Morgan fingerprint density at radius 2 is 1.84 bits per heavy atom. The maximum Gasteiger partial charge on any atom is 0.191 e. The van der Waals surface area contributed by atoms with E-state index in [1.165, 1.54) is 5.56 Å². The van der Waals surface area contributed by atoms with Gasteiger partial charge in [0, 0.05) is 71.1 Å². The fourth-order valence-electron chi connectivity index (χ4n) is 4.56. The van der Waals surface area contributed by atoms with Crippen LogP contribution in [0.3, 0.4) is 0 Å². The number of hydrogen-bond donors (Lipinski definition) is 2. The Balaban J connectivity index is 1.24. The smallest absolute Gasteiger partial charge is 0.191 e. The molecular weight excluding hydrogens is 398 g/mol. The third kappa shape index (κ3) is 5.99. The van der Waals surface area contributed by atoms with E-state index in [1.807, 2.05) is 13.2 Å². The number of likely N-dealkylation sites (N-methyl/N-ethyl adjacent to an activating group) is 1. The average Bonchev–Trinajstić information content (AvgIpc) is 3.16. The van der Waals surface area contributed by atoms with Gasteiger partial charge < -0.3 is 20.4 Å². The molecule has 2 aromatic rings. The molecule has 2 aliphatic rings. The summed E-state index contributed by atoms with van der Waals surface area (Å²) in [5.74, 6) is 1.93. The van der Waals surface area contributed by atoms with E-state index in [-0.39, 0.29) is 0 Å². The van der Waals surface area contributed by atoms with Crippen LogP contribution in [-0.4, -0.2) is 79.6 Å². The Bertz CT molecular complexity index is 860. The van der Waals surface area contributed by atoms with E-state index in [4.69, 9.17) is 4.98 Å². The van der Waals surface area contributed by atoms with Crippen molar-refractivity contribution >= 4 is 11.8 Å². The Kier molecular flexibility index (Phi) is 7.60. The average molecular weight is 436 g/mol. The van der Waals surface area contributed by atoms with Gasteiger partial charge in [-0.05, 0) is 37.6 Å². The number of benzene rings is 1. The first-order valence-electron chi connectivity index (χ1n) is 11.7. The molecule has 2 unspecified atom stereocenters. The third-order valence-corrected chi connectivity index (χ3v) is 6.59. The largest absolute Gasteiger partial charge is 0.354 e. The minimum Gasteiger partial charge on any atom is -0.354 e. The quantitative estimate of drug-likeness (QED) is 0.536. The molecule has 0 radical (unpaired) electrons. The Morgan fingerprint density at radius 1 is 1.06 bits per heavy atom. The molecule has 7 heteroatoms. The molecule has 1 aromatic heterocycles. The van der Waals surface area contributed by atoms with Crippen LogP contribution < -0.4 is 15.5 Å². The fraction of sp³-hybridized carbons (Fsp3) is 0.520. The highest BCUT2D eigenvalue weighted by Gasteiger charge is 2.29. The topological polar surface area (TPSA) is 59.0 Å². The molecule has 7 nitrogen and oxygen atoms in total. The monoisotopic (exact) mass is 435 g/mol. The first-order chi connectivity index (χ1) is 15.6. The Labute approximate surface area is 192 Å². The summed E-state index contributed by atoms with van der Waals surface area (Å²) in [6.07, 6.45) is 3.10. The van der Waals surface area contributed by atoms with Crippen molar-refractivity contribution < 1.29 is 0 Å². The van der Waals surface area contributed by atoms with Crippen LogP contribution in [-0.2, 0) is 13.1 Å². The number of aromatic nitrogens is 1. The second-order valence-electron chi connectivity index (χ2n) is 9.08. The van der Waals surface area contributed by atoms with Gasteiger partial charge in [0.1, 0.15) is 5.82 Å². The predicted octanol–water partition coefficient (Wildman–Crippen LogP) is 2.16. The van der Waals surface area contributed by atoms with Crippen LogP contribution in [0.5, 0.6) is 0 Å². The first kappa shape index (κ1) is 22.6. The molecule has 2 saturated heterocycles. The first-order valence-corrected chi connectivity index (χ1v) is 11.7. The molecule has 1 aromatic carbocycles. The molecule has 0 bridgehead atoms. The van der Waals surface area contributed by atoms with Crippen molar-refractivity contribution in [3.63, 3.8) is 0 Å². The van der Waals surface area contributed by atoms with E-state index >= 15 is 0 Å². The van der Waals surface area contributed by atoms with Crippen molar-refractivity contribution in [1.82, 2.24) is 25.4 Å². The van der Waals surface area contributed by atoms with Gasteiger partial charge in [-0.2, -0.15) is 0 Å². The number of pyridine rings is 1. The van der Waals surface area contributed by atoms with E-state index < -0.39 is 0 Å². The lowest BCUT2D eigenvalue weighted by molar-refractivity contribution is 0.258. The highest BCUT2D eigenvalue weighted by atomic mass is 15.3. The summed E-state index contributed by atoms with van der Waals surface area (Å²) in [5, 5.41) is 7.07. The molecular formula is C25H37N7. The van der Waals surface area contributed by atoms with Gasteiger partial charge in [0.2, 0.25) is 0 Å². The highest BCUT2D eigenvalue weighted by molar-refractivity contribution is 5.80. The number of nitrogens with one attached hydrogen (secondary N) is 2. The van der Waals surface area contributed by atoms with Gasteiger partial charge in [0.25, 0.3) is 0 Å². The van der Waals surface area contributed by atoms with Gasteiger partial charge in [-0.15, -0.1) is 0 Å². The van der Waals surface area contributed by atoms with Crippen molar-refractivity contribution in [2.24, 2.45) is 4.99 Å². The van der Waals surface area contributed by atoms with Gasteiger partial charge in [0.05, 0.1) is 0 Å². The molecule has 32 heavy (non-hydrogen) atoms. The molecule has 2 atom stereocenters. The summed E-state index contributed by atoms with van der Waals surface area (Å²) in [6, 6.07) is 16.0.